The number of benzene rings is 2. The van der Waals surface area contributed by atoms with Crippen LogP contribution in [0.1, 0.15) is 75.3 Å². The average molecular weight is 487 g/mol. The third kappa shape index (κ3) is 5.47. The van der Waals surface area contributed by atoms with E-state index in [1.54, 1.807) is 0 Å². The summed E-state index contributed by atoms with van der Waals surface area (Å²) >= 11 is 5.51. The topological polar surface area (TPSA) is 9.23 Å². The third-order valence-electron chi connectivity index (χ3n) is 7.48. The third-order valence-corrected chi connectivity index (χ3v) is 7.78. The van der Waals surface area contributed by atoms with E-state index in [0.29, 0.717) is 17.5 Å². The molecule has 0 N–H and O–H groups in total. The first kappa shape index (κ1) is 24.3. The Bertz CT molecular complexity index is 956. The van der Waals surface area contributed by atoms with Crippen LogP contribution in [0.5, 0.6) is 5.75 Å². The van der Waals surface area contributed by atoms with Gasteiger partial charge in [0.15, 0.2) is 17.4 Å². The molecule has 0 unspecified atom stereocenters. The van der Waals surface area contributed by atoms with Crippen LogP contribution < -0.4 is 4.74 Å². The van der Waals surface area contributed by atoms with Gasteiger partial charge in [-0.1, -0.05) is 31.4 Å². The first-order valence-electron chi connectivity index (χ1n) is 11.7. The van der Waals surface area contributed by atoms with Crippen LogP contribution in [0.2, 0.25) is 5.02 Å². The summed E-state index contributed by atoms with van der Waals surface area (Å²) in [5.41, 5.74) is -0.420. The Morgan fingerprint density at radius 1 is 0.788 bits per heavy atom. The van der Waals surface area contributed by atoms with Crippen LogP contribution in [0.15, 0.2) is 30.3 Å². The normalized spacial score (nSPS) is 26.3. The summed E-state index contributed by atoms with van der Waals surface area (Å²) in [5, 5.41) is -0.343. The maximum Gasteiger partial charge on any atom is 0.427 e. The smallest absolute Gasteiger partial charge is 0.423 e. The van der Waals surface area contributed by atoms with E-state index in [9.17, 15) is 22.0 Å². The van der Waals surface area contributed by atoms with Crippen LogP contribution in [-0.4, -0.2) is 0 Å². The van der Waals surface area contributed by atoms with Crippen molar-refractivity contribution in [2.75, 3.05) is 0 Å². The van der Waals surface area contributed by atoms with Gasteiger partial charge in [0.25, 0.3) is 0 Å². The van der Waals surface area contributed by atoms with Gasteiger partial charge in [0.05, 0.1) is 10.6 Å². The van der Waals surface area contributed by atoms with E-state index in [-0.39, 0.29) is 10.9 Å². The SMILES string of the molecule is CC1CCC(C2CCC(c3cc(F)c(OC(F)(F)c4ccc(Cl)c(F)c4)c(F)c3)CC2)CC1. The zero-order chi connectivity index (χ0) is 23.8. The quantitative estimate of drug-likeness (QED) is 0.383. The molecule has 33 heavy (non-hydrogen) atoms. The fraction of sp³-hybridized carbons (Fsp3) is 0.538. The van der Waals surface area contributed by atoms with Gasteiger partial charge in [0, 0.05) is 0 Å². The molecule has 2 aromatic rings. The number of rotatable bonds is 5. The molecule has 0 spiro atoms. The molecule has 0 bridgehead atoms. The summed E-state index contributed by atoms with van der Waals surface area (Å²) < 4.78 is 76.2. The molecule has 1 nitrogen and oxygen atoms in total. The van der Waals surface area contributed by atoms with Gasteiger partial charge in [-0.2, -0.15) is 8.78 Å². The summed E-state index contributed by atoms with van der Waals surface area (Å²) in [6.07, 6.45) is 4.63. The van der Waals surface area contributed by atoms with Crippen LogP contribution in [0.3, 0.4) is 0 Å². The van der Waals surface area contributed by atoms with Crippen molar-refractivity contribution in [3.8, 4) is 5.75 Å². The second-order valence-electron chi connectivity index (χ2n) is 9.69. The number of halogens is 6. The lowest BCUT2D eigenvalue weighted by Crippen LogP contribution is -2.25. The van der Waals surface area contributed by atoms with Crippen LogP contribution in [0.4, 0.5) is 22.0 Å². The van der Waals surface area contributed by atoms with Gasteiger partial charge in [0.2, 0.25) is 0 Å². The van der Waals surface area contributed by atoms with E-state index in [4.69, 9.17) is 11.6 Å². The minimum atomic E-state index is -4.13. The molecule has 2 saturated carbocycles. The molecule has 0 atom stereocenters. The van der Waals surface area contributed by atoms with Gasteiger partial charge in [0.1, 0.15) is 5.82 Å². The summed E-state index contributed by atoms with van der Waals surface area (Å²) in [6.45, 7) is 2.30. The Labute approximate surface area is 196 Å². The largest absolute Gasteiger partial charge is 0.427 e. The monoisotopic (exact) mass is 486 g/mol. The standard InChI is InChI=1S/C26H28ClF5O/c1-15-2-4-16(5-3-15)17-6-8-18(9-7-17)19-12-23(29)25(24(30)13-19)33-26(31,32)20-10-11-21(27)22(28)14-20/h10-18H,2-9H2,1H3. The molecule has 0 radical (unpaired) electrons. The van der Waals surface area contributed by atoms with Gasteiger partial charge in [-0.3, -0.25) is 0 Å². The Balaban J connectivity index is 1.43. The molecule has 7 heteroatoms. The number of ether oxygens (including phenoxy) is 1. The zero-order valence-electron chi connectivity index (χ0n) is 18.5. The summed E-state index contributed by atoms with van der Waals surface area (Å²) in [6, 6.07) is 4.44. The van der Waals surface area contributed by atoms with Gasteiger partial charge in [-0.25, -0.2) is 13.2 Å². The van der Waals surface area contributed by atoms with Crippen molar-refractivity contribution in [3.05, 3.63) is 63.9 Å². The lowest BCUT2D eigenvalue weighted by Gasteiger charge is -2.37. The molecule has 4 rings (SSSR count). The maximum absolute atomic E-state index is 14.7. The van der Waals surface area contributed by atoms with Crippen LogP contribution in [0, 0.1) is 35.2 Å². The summed E-state index contributed by atoms with van der Waals surface area (Å²) in [7, 11) is 0. The van der Waals surface area contributed by atoms with E-state index in [2.05, 4.69) is 11.7 Å². The van der Waals surface area contributed by atoms with Gasteiger partial charge < -0.3 is 4.74 Å². The Morgan fingerprint density at radius 3 is 1.88 bits per heavy atom. The minimum absolute atomic E-state index is 0.00677. The van der Waals surface area contributed by atoms with Gasteiger partial charge >= 0.3 is 6.11 Å². The van der Waals surface area contributed by atoms with Crippen molar-refractivity contribution in [1.29, 1.82) is 0 Å². The highest BCUT2D eigenvalue weighted by molar-refractivity contribution is 6.30. The molecule has 2 fully saturated rings. The predicted octanol–water partition coefficient (Wildman–Crippen LogP) is 8.99. The molecule has 0 aliphatic heterocycles. The van der Waals surface area contributed by atoms with E-state index in [0.717, 1.165) is 61.8 Å². The van der Waals surface area contributed by atoms with Crippen molar-refractivity contribution >= 4 is 11.6 Å². The molecule has 2 aromatic carbocycles. The first-order valence-corrected chi connectivity index (χ1v) is 12.0. The van der Waals surface area contributed by atoms with Gasteiger partial charge in [-0.05, 0) is 98.1 Å². The Morgan fingerprint density at radius 2 is 1.33 bits per heavy atom. The van der Waals surface area contributed by atoms with Crippen LogP contribution >= 0.6 is 11.6 Å². The summed E-state index contributed by atoms with van der Waals surface area (Å²) in [5.74, 6) is -2.44. The minimum Gasteiger partial charge on any atom is -0.423 e. The molecule has 0 aromatic heterocycles. The van der Waals surface area contributed by atoms with E-state index in [1.165, 1.54) is 25.7 Å². The maximum atomic E-state index is 14.7. The van der Waals surface area contributed by atoms with E-state index < -0.39 is 34.9 Å². The molecule has 0 saturated heterocycles. The van der Waals surface area contributed by atoms with Crippen molar-refractivity contribution in [2.24, 2.45) is 17.8 Å². The number of alkyl halides is 2. The Kier molecular flexibility index (Phi) is 7.23. The number of hydrogen-bond acceptors (Lipinski definition) is 1. The van der Waals surface area contributed by atoms with E-state index in [1.807, 2.05) is 0 Å². The molecule has 0 amide bonds. The van der Waals surface area contributed by atoms with Crippen LogP contribution in [0.25, 0.3) is 0 Å². The Hall–Kier alpha value is -1.82. The van der Waals surface area contributed by atoms with E-state index >= 15 is 0 Å². The molecular formula is C26H28ClF5O. The van der Waals surface area contributed by atoms with Crippen molar-refractivity contribution in [1.82, 2.24) is 0 Å². The second kappa shape index (κ2) is 9.81. The molecule has 2 aliphatic rings. The van der Waals surface area contributed by atoms with Crippen molar-refractivity contribution < 1.29 is 26.7 Å². The molecule has 180 valence electrons. The lowest BCUT2D eigenvalue weighted by atomic mass is 9.68. The number of hydrogen-bond donors (Lipinski definition) is 0. The molecule has 0 heterocycles. The van der Waals surface area contributed by atoms with Gasteiger partial charge in [-0.15, -0.1) is 0 Å². The van der Waals surface area contributed by atoms with Crippen LogP contribution in [-0.2, 0) is 6.11 Å². The predicted molar refractivity (Wildman–Crippen MR) is 118 cm³/mol. The highest BCUT2D eigenvalue weighted by Gasteiger charge is 2.38. The molecule has 2 aliphatic carbocycles. The van der Waals surface area contributed by atoms with Crippen molar-refractivity contribution in [2.45, 2.75) is 70.3 Å². The second-order valence-corrected chi connectivity index (χ2v) is 10.1. The highest BCUT2D eigenvalue weighted by Crippen LogP contribution is 2.45. The molecular weight excluding hydrogens is 459 g/mol. The average Bonchev–Trinajstić information content (AvgIpc) is 2.78. The fourth-order valence-electron chi connectivity index (χ4n) is 5.46. The highest BCUT2D eigenvalue weighted by atomic mass is 35.5. The summed E-state index contributed by atoms with van der Waals surface area (Å²) in [4.78, 5) is 0. The fourth-order valence-corrected chi connectivity index (χ4v) is 5.58. The van der Waals surface area contributed by atoms with Crippen molar-refractivity contribution in [3.63, 3.8) is 0 Å². The lowest BCUT2D eigenvalue weighted by molar-refractivity contribution is -0.188. The zero-order valence-corrected chi connectivity index (χ0v) is 19.3. The first-order chi connectivity index (χ1) is 15.6.